The lowest BCUT2D eigenvalue weighted by Crippen LogP contribution is -1.91. The van der Waals surface area contributed by atoms with Crippen molar-refractivity contribution in [3.8, 4) is 11.5 Å². The van der Waals surface area contributed by atoms with Crippen molar-refractivity contribution in [1.29, 1.82) is 0 Å². The van der Waals surface area contributed by atoms with Gasteiger partial charge in [0.05, 0.1) is 15.0 Å². The molecular formula is C13H8BrCl2NO3. The van der Waals surface area contributed by atoms with E-state index in [1.807, 2.05) is 12.1 Å². The van der Waals surface area contributed by atoms with E-state index >= 15 is 0 Å². The van der Waals surface area contributed by atoms with Gasteiger partial charge in [0.2, 0.25) is 0 Å². The molecule has 0 fully saturated rings. The molecule has 0 N–H and O–H groups in total. The van der Waals surface area contributed by atoms with Crippen LogP contribution in [-0.2, 0) is 5.33 Å². The lowest BCUT2D eigenvalue weighted by Gasteiger charge is -2.09. The third kappa shape index (κ3) is 3.42. The van der Waals surface area contributed by atoms with Gasteiger partial charge >= 0.3 is 0 Å². The van der Waals surface area contributed by atoms with E-state index in [-0.39, 0.29) is 21.5 Å². The van der Waals surface area contributed by atoms with Crippen LogP contribution in [0.25, 0.3) is 0 Å². The fourth-order valence-corrected chi connectivity index (χ4v) is 2.44. The Labute approximate surface area is 133 Å². The molecule has 0 saturated heterocycles. The zero-order valence-corrected chi connectivity index (χ0v) is 13.1. The number of rotatable bonds is 4. The number of non-ortho nitro benzene ring substituents is 1. The number of nitrogens with zero attached hydrogens (tertiary/aromatic N) is 1. The van der Waals surface area contributed by atoms with Gasteiger partial charge in [0, 0.05) is 17.5 Å². The Morgan fingerprint density at radius 3 is 2.15 bits per heavy atom. The summed E-state index contributed by atoms with van der Waals surface area (Å²) >= 11 is 15.3. The van der Waals surface area contributed by atoms with Crippen molar-refractivity contribution in [2.75, 3.05) is 0 Å². The number of ether oxygens (including phenoxy) is 1. The summed E-state index contributed by atoms with van der Waals surface area (Å²) in [6.45, 7) is 0. The molecule has 0 aromatic heterocycles. The first-order chi connectivity index (χ1) is 9.51. The van der Waals surface area contributed by atoms with Crippen LogP contribution in [0, 0.1) is 10.1 Å². The van der Waals surface area contributed by atoms with E-state index < -0.39 is 4.92 Å². The van der Waals surface area contributed by atoms with Crippen molar-refractivity contribution >= 4 is 44.8 Å². The van der Waals surface area contributed by atoms with Crippen LogP contribution in [0.4, 0.5) is 5.69 Å². The second-order valence-electron chi connectivity index (χ2n) is 3.88. The molecule has 0 spiro atoms. The van der Waals surface area contributed by atoms with Crippen molar-refractivity contribution in [2.45, 2.75) is 5.33 Å². The van der Waals surface area contributed by atoms with Crippen LogP contribution in [0.2, 0.25) is 10.0 Å². The minimum Gasteiger partial charge on any atom is -0.454 e. The first kappa shape index (κ1) is 15.1. The maximum Gasteiger partial charge on any atom is 0.272 e. The molecule has 0 aliphatic rings. The summed E-state index contributed by atoms with van der Waals surface area (Å²) in [6.07, 6.45) is 0. The summed E-state index contributed by atoms with van der Waals surface area (Å²) in [5.74, 6) is 0.748. The first-order valence-corrected chi connectivity index (χ1v) is 7.35. The molecule has 104 valence electrons. The largest absolute Gasteiger partial charge is 0.454 e. The van der Waals surface area contributed by atoms with E-state index in [1.165, 1.54) is 12.1 Å². The quantitative estimate of drug-likeness (QED) is 0.397. The topological polar surface area (TPSA) is 52.4 Å². The second-order valence-corrected chi connectivity index (χ2v) is 5.25. The van der Waals surface area contributed by atoms with Gasteiger partial charge in [-0.25, -0.2) is 0 Å². The Morgan fingerprint density at radius 2 is 1.70 bits per heavy atom. The number of nitro benzene ring substituents is 1. The average molecular weight is 377 g/mol. The van der Waals surface area contributed by atoms with Crippen LogP contribution in [0.5, 0.6) is 11.5 Å². The SMILES string of the molecule is O=[N+]([O-])c1cc(Cl)c(Oc2ccc(CBr)cc2)c(Cl)c1. The molecular weight excluding hydrogens is 369 g/mol. The molecule has 0 unspecified atom stereocenters. The maximum atomic E-state index is 10.7. The Morgan fingerprint density at radius 1 is 1.15 bits per heavy atom. The van der Waals surface area contributed by atoms with E-state index in [2.05, 4.69) is 15.9 Å². The van der Waals surface area contributed by atoms with E-state index in [4.69, 9.17) is 27.9 Å². The molecule has 0 aliphatic heterocycles. The highest BCUT2D eigenvalue weighted by molar-refractivity contribution is 9.08. The highest BCUT2D eigenvalue weighted by Crippen LogP contribution is 2.39. The first-order valence-electron chi connectivity index (χ1n) is 5.47. The van der Waals surface area contributed by atoms with Gasteiger partial charge in [-0.2, -0.15) is 0 Å². The van der Waals surface area contributed by atoms with Gasteiger partial charge in [-0.3, -0.25) is 10.1 Å². The van der Waals surface area contributed by atoms with Gasteiger partial charge in [-0.1, -0.05) is 51.3 Å². The van der Waals surface area contributed by atoms with Crippen LogP contribution in [0.3, 0.4) is 0 Å². The molecule has 0 amide bonds. The fraction of sp³-hybridized carbons (Fsp3) is 0.0769. The fourth-order valence-electron chi connectivity index (χ4n) is 1.51. The van der Waals surface area contributed by atoms with Crippen molar-refractivity contribution < 1.29 is 9.66 Å². The number of nitro groups is 1. The van der Waals surface area contributed by atoms with Crippen molar-refractivity contribution in [2.24, 2.45) is 0 Å². The Hall–Kier alpha value is -1.30. The molecule has 0 aliphatic carbocycles. The summed E-state index contributed by atoms with van der Waals surface area (Å²) in [4.78, 5) is 10.1. The number of hydrogen-bond acceptors (Lipinski definition) is 3. The van der Waals surface area contributed by atoms with Crippen molar-refractivity contribution in [3.05, 3.63) is 62.1 Å². The minimum atomic E-state index is -0.563. The van der Waals surface area contributed by atoms with E-state index in [0.717, 1.165) is 10.9 Å². The van der Waals surface area contributed by atoms with E-state index in [9.17, 15) is 10.1 Å². The summed E-state index contributed by atoms with van der Waals surface area (Å²) in [7, 11) is 0. The number of hydrogen-bond donors (Lipinski definition) is 0. The third-order valence-corrected chi connectivity index (χ3v) is 3.70. The van der Waals surface area contributed by atoms with E-state index in [1.54, 1.807) is 12.1 Å². The van der Waals surface area contributed by atoms with Gasteiger partial charge in [-0.05, 0) is 17.7 Å². The molecule has 4 nitrogen and oxygen atoms in total. The zero-order chi connectivity index (χ0) is 14.7. The monoisotopic (exact) mass is 375 g/mol. The van der Waals surface area contributed by atoms with Gasteiger partial charge in [0.1, 0.15) is 5.75 Å². The van der Waals surface area contributed by atoms with Gasteiger partial charge in [0.25, 0.3) is 5.69 Å². The highest BCUT2D eigenvalue weighted by Gasteiger charge is 2.16. The highest BCUT2D eigenvalue weighted by atomic mass is 79.9. The summed E-state index contributed by atoms with van der Waals surface area (Å²) in [5, 5.41) is 11.6. The lowest BCUT2D eigenvalue weighted by molar-refractivity contribution is -0.384. The predicted octanol–water partition coefficient (Wildman–Crippen LogP) is 5.59. The second kappa shape index (κ2) is 6.43. The summed E-state index contributed by atoms with van der Waals surface area (Å²) in [6, 6.07) is 9.72. The molecule has 2 aromatic rings. The Balaban J connectivity index is 2.30. The van der Waals surface area contributed by atoms with Crippen LogP contribution in [0.15, 0.2) is 36.4 Å². The summed E-state index contributed by atoms with van der Waals surface area (Å²) < 4.78 is 5.57. The normalized spacial score (nSPS) is 10.3. The van der Waals surface area contributed by atoms with Crippen LogP contribution in [-0.4, -0.2) is 4.92 Å². The van der Waals surface area contributed by atoms with Crippen LogP contribution in [0.1, 0.15) is 5.56 Å². The van der Waals surface area contributed by atoms with E-state index in [0.29, 0.717) is 5.75 Å². The van der Waals surface area contributed by atoms with Crippen LogP contribution < -0.4 is 4.74 Å². The molecule has 0 saturated carbocycles. The standard InChI is InChI=1S/C13H8BrCl2NO3/c14-7-8-1-3-10(4-2-8)20-13-11(15)5-9(17(18)19)6-12(13)16/h1-6H,7H2. The molecule has 0 atom stereocenters. The number of benzene rings is 2. The molecule has 0 radical (unpaired) electrons. The van der Waals surface area contributed by atoms with Gasteiger partial charge in [-0.15, -0.1) is 0 Å². The predicted molar refractivity (Wildman–Crippen MR) is 82.3 cm³/mol. The summed E-state index contributed by atoms with van der Waals surface area (Å²) in [5.41, 5.74) is 0.917. The van der Waals surface area contributed by atoms with Gasteiger partial charge < -0.3 is 4.74 Å². The lowest BCUT2D eigenvalue weighted by atomic mass is 10.2. The van der Waals surface area contributed by atoms with Crippen molar-refractivity contribution in [1.82, 2.24) is 0 Å². The molecule has 20 heavy (non-hydrogen) atoms. The number of alkyl halides is 1. The number of halogens is 3. The maximum absolute atomic E-state index is 10.7. The molecule has 2 rings (SSSR count). The average Bonchev–Trinajstić information content (AvgIpc) is 2.43. The van der Waals surface area contributed by atoms with Crippen molar-refractivity contribution in [3.63, 3.8) is 0 Å². The minimum absolute atomic E-state index is 0.0915. The molecule has 7 heteroatoms. The Kier molecular flexibility index (Phi) is 4.86. The third-order valence-electron chi connectivity index (χ3n) is 2.49. The smallest absolute Gasteiger partial charge is 0.272 e. The van der Waals surface area contributed by atoms with Crippen LogP contribution >= 0.6 is 39.1 Å². The van der Waals surface area contributed by atoms with Gasteiger partial charge in [0.15, 0.2) is 5.75 Å². The molecule has 0 heterocycles. The zero-order valence-electron chi connectivity index (χ0n) is 9.98. The molecule has 2 aromatic carbocycles. The molecule has 0 bridgehead atoms. The Bertz CT molecular complexity index is 624.